The van der Waals surface area contributed by atoms with E-state index in [1.54, 1.807) is 56.3 Å². The maximum Gasteiger partial charge on any atom is 0.326 e. The summed E-state index contributed by atoms with van der Waals surface area (Å²) in [5, 5.41) is 37.6. The summed E-state index contributed by atoms with van der Waals surface area (Å²) in [6.45, 7) is 4.77. The first-order valence-electron chi connectivity index (χ1n) is 14.5. The Hall–Kier alpha value is -4.49. The summed E-state index contributed by atoms with van der Waals surface area (Å²) in [6.07, 6.45) is -1.17. The molecule has 4 amide bonds. The van der Waals surface area contributed by atoms with Crippen LogP contribution in [0.25, 0.3) is 0 Å². The zero-order chi connectivity index (χ0) is 32.6. The van der Waals surface area contributed by atoms with E-state index in [1.165, 1.54) is 24.0 Å². The third-order valence-corrected chi connectivity index (χ3v) is 7.42. The van der Waals surface area contributed by atoms with Gasteiger partial charge in [-0.05, 0) is 36.1 Å². The topological polar surface area (TPSA) is 211 Å². The van der Waals surface area contributed by atoms with Crippen LogP contribution in [0.15, 0.2) is 54.6 Å². The number of β-amino-alcohol motifs (C(OH)–C–C–N with tert-alkyl or cyclic N) is 1. The Bertz CT molecular complexity index is 1320. The Morgan fingerprint density at radius 2 is 1.45 bits per heavy atom. The molecule has 13 heteroatoms. The van der Waals surface area contributed by atoms with Crippen LogP contribution in [-0.2, 0) is 36.8 Å². The molecule has 2 aromatic carbocycles. The second kappa shape index (κ2) is 15.3. The zero-order valence-electron chi connectivity index (χ0n) is 25.0. The van der Waals surface area contributed by atoms with Crippen molar-refractivity contribution in [3.63, 3.8) is 0 Å². The highest BCUT2D eigenvalue weighted by Crippen LogP contribution is 2.22. The molecule has 13 nitrogen and oxygen atoms in total. The highest BCUT2D eigenvalue weighted by molar-refractivity contribution is 5.96. The highest BCUT2D eigenvalue weighted by Gasteiger charge is 2.43. The van der Waals surface area contributed by atoms with E-state index in [9.17, 15) is 39.3 Å². The van der Waals surface area contributed by atoms with Crippen molar-refractivity contribution in [1.82, 2.24) is 20.9 Å². The summed E-state index contributed by atoms with van der Waals surface area (Å²) in [7, 11) is 0. The van der Waals surface area contributed by atoms with E-state index >= 15 is 0 Å². The molecule has 238 valence electrons. The Balaban J connectivity index is 1.82. The summed E-state index contributed by atoms with van der Waals surface area (Å²) in [6, 6.07) is 9.11. The van der Waals surface area contributed by atoms with E-state index in [1.807, 2.05) is 0 Å². The van der Waals surface area contributed by atoms with Crippen LogP contribution in [0.4, 0.5) is 0 Å². The van der Waals surface area contributed by atoms with Crippen LogP contribution in [-0.4, -0.2) is 92.7 Å². The van der Waals surface area contributed by atoms with Crippen LogP contribution in [0, 0.1) is 5.92 Å². The Morgan fingerprint density at radius 3 is 2.02 bits per heavy atom. The second-order valence-electron chi connectivity index (χ2n) is 11.4. The van der Waals surface area contributed by atoms with Crippen LogP contribution in [0.3, 0.4) is 0 Å². The van der Waals surface area contributed by atoms with Crippen molar-refractivity contribution in [2.45, 2.75) is 76.3 Å². The van der Waals surface area contributed by atoms with Gasteiger partial charge in [0.05, 0.1) is 12.1 Å². The average molecular weight is 612 g/mol. The van der Waals surface area contributed by atoms with Crippen LogP contribution in [0.2, 0.25) is 0 Å². The number of carbonyl (C=O) groups is 5. The number of aliphatic hydroxyl groups is 1. The van der Waals surface area contributed by atoms with Crippen molar-refractivity contribution >= 4 is 29.6 Å². The molecule has 2 aromatic rings. The molecular formula is C31H41N5O8. The van der Waals surface area contributed by atoms with Gasteiger partial charge in [0, 0.05) is 25.8 Å². The van der Waals surface area contributed by atoms with Crippen molar-refractivity contribution in [2.24, 2.45) is 11.7 Å². The fourth-order valence-electron chi connectivity index (χ4n) is 4.95. The van der Waals surface area contributed by atoms with E-state index in [-0.39, 0.29) is 37.5 Å². The largest absolute Gasteiger partial charge is 0.508 e. The first-order chi connectivity index (χ1) is 20.8. The van der Waals surface area contributed by atoms with E-state index in [0.29, 0.717) is 11.1 Å². The van der Waals surface area contributed by atoms with Gasteiger partial charge in [-0.1, -0.05) is 56.3 Å². The number of nitrogens with one attached hydrogen (secondary N) is 3. The van der Waals surface area contributed by atoms with Crippen molar-refractivity contribution in [3.8, 4) is 5.75 Å². The number of benzene rings is 2. The number of aromatic hydroxyl groups is 1. The molecule has 0 radical (unpaired) electrons. The number of nitrogens with zero attached hydrogens (tertiary/aromatic N) is 1. The summed E-state index contributed by atoms with van der Waals surface area (Å²) < 4.78 is 0. The molecule has 1 saturated heterocycles. The van der Waals surface area contributed by atoms with Gasteiger partial charge in [0.2, 0.25) is 23.6 Å². The van der Waals surface area contributed by atoms with Crippen molar-refractivity contribution in [3.05, 3.63) is 65.7 Å². The SMILES string of the molecule is CC(C)[C@H](NC(=O)[C@H](C)N)C(=O)N1CC(O)C[C@H]1C(=O)N[C@@H](Cc1ccccc1)C(=O)N[C@@H](Cc1ccc(O)cc1)C(=O)O. The van der Waals surface area contributed by atoms with Crippen molar-refractivity contribution in [1.29, 1.82) is 0 Å². The molecule has 0 bridgehead atoms. The standard InChI is InChI=1S/C31H41N5O8/c1-17(2)26(35-27(39)18(3)32)30(42)36-16-22(38)15-25(36)29(41)33-23(13-19-7-5-4-6-8-19)28(40)34-24(31(43)44)14-20-9-11-21(37)12-10-20/h4-12,17-18,22-26,37-38H,13-16,32H2,1-3H3,(H,33,41)(H,34,40)(H,35,39)(H,43,44)/t18-,22?,23-,24-,25-,26-/m0/s1. The fourth-order valence-corrected chi connectivity index (χ4v) is 4.95. The predicted molar refractivity (Wildman–Crippen MR) is 160 cm³/mol. The van der Waals surface area contributed by atoms with Crippen molar-refractivity contribution < 1.29 is 39.3 Å². The number of amides is 4. The third-order valence-electron chi connectivity index (χ3n) is 7.42. The maximum absolute atomic E-state index is 13.6. The lowest BCUT2D eigenvalue weighted by Gasteiger charge is -2.31. The molecule has 44 heavy (non-hydrogen) atoms. The monoisotopic (exact) mass is 611 g/mol. The Labute approximate surface area is 255 Å². The molecule has 1 aliphatic rings. The summed E-state index contributed by atoms with van der Waals surface area (Å²) >= 11 is 0. The minimum atomic E-state index is -1.34. The fraction of sp³-hybridized carbons (Fsp3) is 0.452. The number of rotatable bonds is 13. The predicted octanol–water partition coefficient (Wildman–Crippen LogP) is -0.319. The molecule has 0 saturated carbocycles. The van der Waals surface area contributed by atoms with E-state index in [4.69, 9.17) is 5.73 Å². The normalized spacial score (nSPS) is 19.0. The smallest absolute Gasteiger partial charge is 0.326 e. The number of aliphatic carboxylic acids is 1. The molecule has 1 aliphatic heterocycles. The maximum atomic E-state index is 13.6. The summed E-state index contributed by atoms with van der Waals surface area (Å²) in [5.41, 5.74) is 6.91. The molecule has 6 atom stereocenters. The first-order valence-corrected chi connectivity index (χ1v) is 14.5. The number of hydrogen-bond acceptors (Lipinski definition) is 8. The molecule has 8 N–H and O–H groups in total. The molecular weight excluding hydrogens is 570 g/mol. The van der Waals surface area contributed by atoms with Crippen LogP contribution in [0.5, 0.6) is 5.75 Å². The average Bonchev–Trinajstić information content (AvgIpc) is 3.37. The molecule has 0 aliphatic carbocycles. The molecule has 0 aromatic heterocycles. The van der Waals surface area contributed by atoms with Crippen LogP contribution < -0.4 is 21.7 Å². The number of carbonyl (C=O) groups excluding carboxylic acids is 4. The van der Waals surface area contributed by atoms with Gasteiger partial charge in [-0.3, -0.25) is 19.2 Å². The third kappa shape index (κ3) is 9.25. The van der Waals surface area contributed by atoms with Crippen molar-refractivity contribution in [2.75, 3.05) is 6.54 Å². The first kappa shape index (κ1) is 34.0. The number of aliphatic hydroxyl groups excluding tert-OH is 1. The lowest BCUT2D eigenvalue weighted by atomic mass is 10.0. The minimum absolute atomic E-state index is 0.0101. The van der Waals surface area contributed by atoms with E-state index in [0.717, 1.165) is 0 Å². The van der Waals surface area contributed by atoms with Crippen LogP contribution in [0.1, 0.15) is 38.3 Å². The molecule has 1 fully saturated rings. The lowest BCUT2D eigenvalue weighted by Crippen LogP contribution is -2.59. The van der Waals surface area contributed by atoms with Gasteiger partial charge in [0.15, 0.2) is 0 Å². The van der Waals surface area contributed by atoms with Gasteiger partial charge >= 0.3 is 5.97 Å². The Kier molecular flexibility index (Phi) is 11.8. The molecule has 1 heterocycles. The lowest BCUT2D eigenvalue weighted by molar-refractivity contribution is -0.144. The van der Waals surface area contributed by atoms with Gasteiger partial charge < -0.3 is 41.9 Å². The number of nitrogens with two attached hydrogens (primary N) is 1. The van der Waals surface area contributed by atoms with E-state index in [2.05, 4.69) is 16.0 Å². The number of carboxylic acid groups (broad SMARTS) is 1. The number of phenolic OH excluding ortho intramolecular Hbond substituents is 1. The molecule has 0 spiro atoms. The molecule has 3 rings (SSSR count). The van der Waals surface area contributed by atoms with Gasteiger partial charge in [-0.2, -0.15) is 0 Å². The van der Waals surface area contributed by atoms with Gasteiger partial charge in [0.1, 0.15) is 29.9 Å². The number of likely N-dealkylation sites (tertiary alicyclic amines) is 1. The van der Waals surface area contributed by atoms with Gasteiger partial charge in [0.25, 0.3) is 0 Å². The number of carboxylic acids is 1. The zero-order valence-corrected chi connectivity index (χ0v) is 25.0. The van der Waals surface area contributed by atoms with Gasteiger partial charge in [-0.25, -0.2) is 4.79 Å². The molecule has 1 unspecified atom stereocenters. The quantitative estimate of drug-likeness (QED) is 0.158. The summed E-state index contributed by atoms with van der Waals surface area (Å²) in [4.78, 5) is 66.2. The minimum Gasteiger partial charge on any atom is -0.508 e. The summed E-state index contributed by atoms with van der Waals surface area (Å²) in [5.74, 6) is -4.22. The van der Waals surface area contributed by atoms with Gasteiger partial charge in [-0.15, -0.1) is 0 Å². The Morgan fingerprint density at radius 1 is 0.864 bits per heavy atom. The number of hydrogen-bond donors (Lipinski definition) is 7. The van der Waals surface area contributed by atoms with Crippen LogP contribution >= 0.6 is 0 Å². The van der Waals surface area contributed by atoms with E-state index < -0.39 is 65.9 Å². The number of phenols is 1. The second-order valence-corrected chi connectivity index (χ2v) is 11.4. The highest BCUT2D eigenvalue weighted by atomic mass is 16.4.